The molecule has 1 aliphatic heterocycles. The number of hydrogen-bond acceptors (Lipinski definition) is 1. The second-order valence-electron chi connectivity index (χ2n) is 6.44. The first kappa shape index (κ1) is 13.9. The average molecular weight is 266 g/mol. The molecule has 0 radical (unpaired) electrons. The molecule has 0 unspecified atom stereocenters. The molecule has 0 saturated carbocycles. The molecule has 0 atom stereocenters. The number of nitrogens with zero attached hydrogens (tertiary/aromatic N) is 1. The maximum atomic E-state index is 6.22. The molecule has 1 heterocycles. The van der Waals surface area contributed by atoms with E-state index >= 15 is 0 Å². The number of benzene rings is 1. The fourth-order valence-corrected chi connectivity index (χ4v) is 2.94. The van der Waals surface area contributed by atoms with E-state index in [-0.39, 0.29) is 0 Å². The summed E-state index contributed by atoms with van der Waals surface area (Å²) in [5, 5.41) is 0.908. The highest BCUT2D eigenvalue weighted by atomic mass is 35.5. The topological polar surface area (TPSA) is 3.24 Å². The lowest BCUT2D eigenvalue weighted by Gasteiger charge is -2.41. The predicted octanol–water partition coefficient (Wildman–Crippen LogP) is 4.63. The number of piperidine rings is 1. The van der Waals surface area contributed by atoms with Crippen LogP contribution in [0, 0.1) is 6.92 Å². The highest BCUT2D eigenvalue weighted by Crippen LogP contribution is 2.32. The Kier molecular flexibility index (Phi) is 4.03. The SMILES string of the molecule is Cc1ccc(C2CCN(C(C)(C)C)CC2)cc1Cl. The molecule has 1 saturated heterocycles. The number of rotatable bonds is 1. The van der Waals surface area contributed by atoms with Crippen LogP contribution in [0.15, 0.2) is 18.2 Å². The van der Waals surface area contributed by atoms with Crippen molar-refractivity contribution in [1.82, 2.24) is 4.90 Å². The van der Waals surface area contributed by atoms with Gasteiger partial charge < -0.3 is 0 Å². The van der Waals surface area contributed by atoms with Gasteiger partial charge in [0, 0.05) is 10.6 Å². The van der Waals surface area contributed by atoms with Crippen molar-refractivity contribution in [3.8, 4) is 0 Å². The van der Waals surface area contributed by atoms with Crippen molar-refractivity contribution < 1.29 is 0 Å². The van der Waals surface area contributed by atoms with Gasteiger partial charge in [-0.2, -0.15) is 0 Å². The van der Waals surface area contributed by atoms with Gasteiger partial charge in [-0.3, -0.25) is 4.90 Å². The standard InChI is InChI=1S/C16H24ClN/c1-12-5-6-14(11-15(12)17)13-7-9-18(10-8-13)16(2,3)4/h5-6,11,13H,7-10H2,1-4H3. The molecule has 100 valence electrons. The Balaban J connectivity index is 2.03. The van der Waals surface area contributed by atoms with Crippen LogP contribution in [-0.4, -0.2) is 23.5 Å². The number of likely N-dealkylation sites (tertiary alicyclic amines) is 1. The summed E-state index contributed by atoms with van der Waals surface area (Å²) in [6.07, 6.45) is 2.49. The van der Waals surface area contributed by atoms with Crippen molar-refractivity contribution in [1.29, 1.82) is 0 Å². The van der Waals surface area contributed by atoms with E-state index in [9.17, 15) is 0 Å². The van der Waals surface area contributed by atoms with E-state index in [0.29, 0.717) is 11.5 Å². The normalized spacial score (nSPS) is 19.2. The summed E-state index contributed by atoms with van der Waals surface area (Å²) >= 11 is 6.22. The molecule has 2 heteroatoms. The minimum atomic E-state index is 0.301. The van der Waals surface area contributed by atoms with Gasteiger partial charge in [0.05, 0.1) is 0 Å². The van der Waals surface area contributed by atoms with Crippen LogP contribution >= 0.6 is 11.6 Å². The largest absolute Gasteiger partial charge is 0.298 e. The maximum absolute atomic E-state index is 6.22. The quantitative estimate of drug-likeness (QED) is 0.716. The van der Waals surface area contributed by atoms with Gasteiger partial charge in [0.1, 0.15) is 0 Å². The third-order valence-electron chi connectivity index (χ3n) is 4.11. The Labute approximate surface area is 116 Å². The van der Waals surface area contributed by atoms with E-state index in [1.165, 1.54) is 37.1 Å². The Morgan fingerprint density at radius 2 is 1.78 bits per heavy atom. The minimum Gasteiger partial charge on any atom is -0.298 e. The summed E-state index contributed by atoms with van der Waals surface area (Å²) in [6, 6.07) is 6.56. The van der Waals surface area contributed by atoms with E-state index < -0.39 is 0 Å². The van der Waals surface area contributed by atoms with Gasteiger partial charge in [-0.05, 0) is 76.7 Å². The lowest BCUT2D eigenvalue weighted by molar-refractivity contribution is 0.102. The fraction of sp³-hybridized carbons (Fsp3) is 0.625. The van der Waals surface area contributed by atoms with Gasteiger partial charge in [0.15, 0.2) is 0 Å². The molecule has 1 nitrogen and oxygen atoms in total. The second-order valence-corrected chi connectivity index (χ2v) is 6.85. The van der Waals surface area contributed by atoms with Crippen molar-refractivity contribution >= 4 is 11.6 Å². The van der Waals surface area contributed by atoms with E-state index in [2.05, 4.69) is 50.8 Å². The van der Waals surface area contributed by atoms with Crippen molar-refractivity contribution in [2.24, 2.45) is 0 Å². The van der Waals surface area contributed by atoms with Crippen LogP contribution in [0.5, 0.6) is 0 Å². The molecule has 2 rings (SSSR count). The molecule has 18 heavy (non-hydrogen) atoms. The van der Waals surface area contributed by atoms with E-state index in [4.69, 9.17) is 11.6 Å². The summed E-state index contributed by atoms with van der Waals surface area (Å²) in [6.45, 7) is 11.4. The summed E-state index contributed by atoms with van der Waals surface area (Å²) in [5.41, 5.74) is 2.89. The molecular weight excluding hydrogens is 242 g/mol. The lowest BCUT2D eigenvalue weighted by Crippen LogP contribution is -2.45. The van der Waals surface area contributed by atoms with Crippen molar-refractivity contribution in [3.63, 3.8) is 0 Å². The number of halogens is 1. The van der Waals surface area contributed by atoms with Crippen LogP contribution < -0.4 is 0 Å². The van der Waals surface area contributed by atoms with E-state index in [1.807, 2.05) is 0 Å². The zero-order valence-electron chi connectivity index (χ0n) is 12.0. The van der Waals surface area contributed by atoms with Gasteiger partial charge in [0.2, 0.25) is 0 Å². The lowest BCUT2D eigenvalue weighted by atomic mass is 9.87. The van der Waals surface area contributed by atoms with Crippen LogP contribution in [0.1, 0.15) is 50.7 Å². The van der Waals surface area contributed by atoms with E-state index in [1.54, 1.807) is 0 Å². The third kappa shape index (κ3) is 3.07. The summed E-state index contributed by atoms with van der Waals surface area (Å²) in [7, 11) is 0. The van der Waals surface area contributed by atoms with Gasteiger partial charge >= 0.3 is 0 Å². The molecule has 0 bridgehead atoms. The Morgan fingerprint density at radius 3 is 2.28 bits per heavy atom. The molecule has 0 spiro atoms. The summed E-state index contributed by atoms with van der Waals surface area (Å²) in [5.74, 6) is 0.682. The zero-order chi connectivity index (χ0) is 13.3. The molecule has 1 aliphatic rings. The molecule has 0 amide bonds. The number of hydrogen-bond donors (Lipinski definition) is 0. The molecule has 0 aromatic heterocycles. The Bertz CT molecular complexity index is 412. The van der Waals surface area contributed by atoms with Gasteiger partial charge in [-0.15, -0.1) is 0 Å². The molecule has 1 aromatic carbocycles. The zero-order valence-corrected chi connectivity index (χ0v) is 12.7. The number of aryl methyl sites for hydroxylation is 1. The van der Waals surface area contributed by atoms with E-state index in [0.717, 1.165) is 5.02 Å². The second kappa shape index (κ2) is 5.22. The average Bonchev–Trinajstić information content (AvgIpc) is 2.32. The highest BCUT2D eigenvalue weighted by Gasteiger charge is 2.27. The first-order valence-corrected chi connectivity index (χ1v) is 7.27. The van der Waals surface area contributed by atoms with Crippen LogP contribution in [0.3, 0.4) is 0 Å². The molecule has 0 N–H and O–H groups in total. The monoisotopic (exact) mass is 265 g/mol. The predicted molar refractivity (Wildman–Crippen MR) is 79.5 cm³/mol. The van der Waals surface area contributed by atoms with Crippen LogP contribution in [0.2, 0.25) is 5.02 Å². The first-order valence-electron chi connectivity index (χ1n) is 6.89. The fourth-order valence-electron chi connectivity index (χ4n) is 2.75. The molecule has 0 aliphatic carbocycles. The van der Waals surface area contributed by atoms with Crippen LogP contribution in [0.25, 0.3) is 0 Å². The minimum absolute atomic E-state index is 0.301. The molecular formula is C16H24ClN. The summed E-state index contributed by atoms with van der Waals surface area (Å²) < 4.78 is 0. The Hall–Kier alpha value is -0.530. The van der Waals surface area contributed by atoms with Crippen molar-refractivity contribution in [3.05, 3.63) is 34.3 Å². The molecule has 1 aromatic rings. The highest BCUT2D eigenvalue weighted by molar-refractivity contribution is 6.31. The third-order valence-corrected chi connectivity index (χ3v) is 4.52. The molecule has 1 fully saturated rings. The smallest absolute Gasteiger partial charge is 0.0438 e. The summed E-state index contributed by atoms with van der Waals surface area (Å²) in [4.78, 5) is 2.58. The van der Waals surface area contributed by atoms with Gasteiger partial charge in [-0.25, -0.2) is 0 Å². The van der Waals surface area contributed by atoms with Crippen LogP contribution in [-0.2, 0) is 0 Å². The van der Waals surface area contributed by atoms with Crippen LogP contribution in [0.4, 0.5) is 0 Å². The maximum Gasteiger partial charge on any atom is 0.0438 e. The Morgan fingerprint density at radius 1 is 1.17 bits per heavy atom. The van der Waals surface area contributed by atoms with Crippen molar-refractivity contribution in [2.75, 3.05) is 13.1 Å². The van der Waals surface area contributed by atoms with Gasteiger partial charge in [-0.1, -0.05) is 23.7 Å². The van der Waals surface area contributed by atoms with Gasteiger partial charge in [0.25, 0.3) is 0 Å². The van der Waals surface area contributed by atoms with Crippen molar-refractivity contribution in [2.45, 2.75) is 52.0 Å². The first-order chi connectivity index (χ1) is 8.38.